The van der Waals surface area contributed by atoms with Gasteiger partial charge in [-0.3, -0.25) is 4.79 Å². The van der Waals surface area contributed by atoms with Gasteiger partial charge in [0.1, 0.15) is 5.82 Å². The fourth-order valence-electron chi connectivity index (χ4n) is 3.63. The Bertz CT molecular complexity index is 1190. The molecule has 0 spiro atoms. The molecule has 0 radical (unpaired) electrons. The van der Waals surface area contributed by atoms with Crippen LogP contribution in [0.3, 0.4) is 0 Å². The zero-order chi connectivity index (χ0) is 23.4. The molecule has 1 aliphatic carbocycles. The topological polar surface area (TPSA) is 57.7 Å². The molecule has 1 amide bonds. The third kappa shape index (κ3) is 6.28. The van der Waals surface area contributed by atoms with Crippen molar-refractivity contribution in [3.63, 3.8) is 0 Å². The minimum absolute atomic E-state index is 0.192. The number of carbonyl (C=O) groups excluding carboxylic acids is 1. The molecule has 0 saturated heterocycles. The van der Waals surface area contributed by atoms with E-state index >= 15 is 0 Å². The van der Waals surface area contributed by atoms with Gasteiger partial charge in [0.05, 0.1) is 18.0 Å². The molecule has 0 atom stereocenters. The summed E-state index contributed by atoms with van der Waals surface area (Å²) < 4.78 is 41.3. The molecular formula is C25H27FN2O3S2. The highest BCUT2D eigenvalue weighted by Crippen LogP contribution is 2.32. The van der Waals surface area contributed by atoms with Crippen molar-refractivity contribution in [1.82, 2.24) is 9.21 Å². The van der Waals surface area contributed by atoms with Crippen LogP contribution in [-0.2, 0) is 27.9 Å². The van der Waals surface area contributed by atoms with Crippen molar-refractivity contribution < 1.29 is 17.6 Å². The first-order valence-corrected chi connectivity index (χ1v) is 13.2. The zero-order valence-corrected chi connectivity index (χ0v) is 20.1. The molecule has 3 aromatic rings. The van der Waals surface area contributed by atoms with Crippen LogP contribution in [0.2, 0.25) is 0 Å². The van der Waals surface area contributed by atoms with Crippen LogP contribution in [0.5, 0.6) is 0 Å². The van der Waals surface area contributed by atoms with E-state index in [0.29, 0.717) is 19.0 Å². The summed E-state index contributed by atoms with van der Waals surface area (Å²) in [4.78, 5) is 17.5. The van der Waals surface area contributed by atoms with Crippen molar-refractivity contribution in [3.05, 3.63) is 87.9 Å². The van der Waals surface area contributed by atoms with Gasteiger partial charge < -0.3 is 4.90 Å². The van der Waals surface area contributed by atoms with E-state index in [0.717, 1.165) is 28.2 Å². The van der Waals surface area contributed by atoms with Crippen molar-refractivity contribution in [2.75, 3.05) is 13.1 Å². The van der Waals surface area contributed by atoms with Crippen LogP contribution in [0.1, 0.15) is 28.2 Å². The average Bonchev–Trinajstić information content (AvgIpc) is 3.53. The second kappa shape index (κ2) is 10.2. The van der Waals surface area contributed by atoms with Gasteiger partial charge in [0, 0.05) is 22.8 Å². The van der Waals surface area contributed by atoms with E-state index in [1.54, 1.807) is 58.7 Å². The predicted octanol–water partition coefficient (Wildman–Crippen LogP) is 4.83. The number of benzene rings is 2. The lowest BCUT2D eigenvalue weighted by atomic mass is 10.2. The Hall–Kier alpha value is -2.55. The zero-order valence-electron chi connectivity index (χ0n) is 18.5. The van der Waals surface area contributed by atoms with Gasteiger partial charge in [0.2, 0.25) is 15.9 Å². The van der Waals surface area contributed by atoms with Crippen molar-refractivity contribution in [2.24, 2.45) is 5.92 Å². The van der Waals surface area contributed by atoms with E-state index in [1.807, 2.05) is 19.1 Å². The van der Waals surface area contributed by atoms with Crippen molar-refractivity contribution in [2.45, 2.75) is 37.8 Å². The fraction of sp³-hybridized carbons (Fsp3) is 0.320. The summed E-state index contributed by atoms with van der Waals surface area (Å²) in [7, 11) is -3.79. The number of amides is 1. The summed E-state index contributed by atoms with van der Waals surface area (Å²) in [5, 5.41) is 0. The maximum absolute atomic E-state index is 13.5. The van der Waals surface area contributed by atoms with Crippen LogP contribution < -0.4 is 0 Å². The Morgan fingerprint density at radius 2 is 1.70 bits per heavy atom. The number of rotatable bonds is 10. The third-order valence-corrected chi connectivity index (χ3v) is 8.44. The van der Waals surface area contributed by atoms with Gasteiger partial charge in [0.25, 0.3) is 0 Å². The molecule has 0 unspecified atom stereocenters. The molecule has 5 nitrogen and oxygen atoms in total. The van der Waals surface area contributed by atoms with Crippen LogP contribution in [-0.4, -0.2) is 36.6 Å². The smallest absolute Gasteiger partial charge is 0.243 e. The van der Waals surface area contributed by atoms with Gasteiger partial charge in [-0.15, -0.1) is 11.3 Å². The van der Waals surface area contributed by atoms with Gasteiger partial charge >= 0.3 is 0 Å². The molecule has 1 saturated carbocycles. The lowest BCUT2D eigenvalue weighted by molar-refractivity contribution is -0.132. The number of hydrogen-bond acceptors (Lipinski definition) is 4. The molecule has 1 fully saturated rings. The molecule has 8 heteroatoms. The van der Waals surface area contributed by atoms with E-state index in [2.05, 4.69) is 0 Å². The second-order valence-electron chi connectivity index (χ2n) is 8.44. The highest BCUT2D eigenvalue weighted by molar-refractivity contribution is 7.89. The van der Waals surface area contributed by atoms with Crippen molar-refractivity contribution >= 4 is 27.3 Å². The average molecular weight is 487 g/mol. The molecule has 1 aromatic heterocycles. The number of nitrogens with zero attached hydrogens (tertiary/aromatic N) is 2. The Kier molecular flexibility index (Phi) is 7.26. The van der Waals surface area contributed by atoms with Crippen LogP contribution in [0, 0.1) is 18.7 Å². The predicted molar refractivity (Wildman–Crippen MR) is 128 cm³/mol. The van der Waals surface area contributed by atoms with E-state index < -0.39 is 10.0 Å². The molecule has 33 heavy (non-hydrogen) atoms. The summed E-state index contributed by atoms with van der Waals surface area (Å²) in [5.41, 5.74) is 0.790. The molecule has 4 rings (SSSR count). The van der Waals surface area contributed by atoms with Gasteiger partial charge in [0.15, 0.2) is 0 Å². The Balaban J connectivity index is 1.57. The SMILES string of the molecule is Cc1ccc(CN(Cc2ccc(F)cc2)C(=O)CN(CC2CC2)S(=O)(=O)c2ccccc2)s1. The van der Waals surface area contributed by atoms with Crippen LogP contribution in [0.4, 0.5) is 4.39 Å². The lowest BCUT2D eigenvalue weighted by Crippen LogP contribution is -2.43. The van der Waals surface area contributed by atoms with Crippen LogP contribution >= 0.6 is 11.3 Å². The Morgan fingerprint density at radius 3 is 2.30 bits per heavy atom. The van der Waals surface area contributed by atoms with Crippen molar-refractivity contribution in [1.29, 1.82) is 0 Å². The van der Waals surface area contributed by atoms with Gasteiger partial charge in [-0.25, -0.2) is 12.8 Å². The number of halogens is 1. The molecule has 0 bridgehead atoms. The summed E-state index contributed by atoms with van der Waals surface area (Å²) in [6, 6.07) is 18.3. The molecular weight excluding hydrogens is 459 g/mol. The minimum Gasteiger partial charge on any atom is -0.332 e. The molecule has 1 aliphatic rings. The normalized spacial score (nSPS) is 13.9. The third-order valence-electron chi connectivity index (χ3n) is 5.63. The van der Waals surface area contributed by atoms with E-state index in [-0.39, 0.29) is 29.7 Å². The molecule has 0 aliphatic heterocycles. The van der Waals surface area contributed by atoms with E-state index in [9.17, 15) is 17.6 Å². The maximum Gasteiger partial charge on any atom is 0.243 e. The van der Waals surface area contributed by atoms with Crippen molar-refractivity contribution in [3.8, 4) is 0 Å². The summed E-state index contributed by atoms with van der Waals surface area (Å²) in [6.45, 7) is 2.77. The number of sulfonamides is 1. The summed E-state index contributed by atoms with van der Waals surface area (Å²) in [6.07, 6.45) is 1.95. The summed E-state index contributed by atoms with van der Waals surface area (Å²) >= 11 is 1.60. The maximum atomic E-state index is 13.5. The first-order valence-electron chi connectivity index (χ1n) is 10.9. The van der Waals surface area contributed by atoms with Gasteiger partial charge in [-0.2, -0.15) is 4.31 Å². The second-order valence-corrected chi connectivity index (χ2v) is 11.8. The molecule has 174 valence electrons. The van der Waals surface area contributed by atoms with Gasteiger partial charge in [-0.05, 0) is 67.6 Å². The van der Waals surface area contributed by atoms with Gasteiger partial charge in [-0.1, -0.05) is 30.3 Å². The monoisotopic (exact) mass is 486 g/mol. The quantitative estimate of drug-likeness (QED) is 0.413. The fourth-order valence-corrected chi connectivity index (χ4v) is 6.02. The molecule has 2 aromatic carbocycles. The van der Waals surface area contributed by atoms with E-state index in [1.165, 1.54) is 16.4 Å². The highest BCUT2D eigenvalue weighted by Gasteiger charge is 2.34. The highest BCUT2D eigenvalue weighted by atomic mass is 32.2. The first-order chi connectivity index (χ1) is 15.8. The standard InChI is InChI=1S/C25H27FN2O3S2/c1-19-7-14-23(32-19)17-27(15-20-10-12-22(26)13-11-20)25(29)18-28(16-21-8-9-21)33(30,31)24-5-3-2-4-6-24/h2-7,10-14,21H,8-9,15-18H2,1H3. The summed E-state index contributed by atoms with van der Waals surface area (Å²) in [5.74, 6) is -0.317. The first kappa shape index (κ1) is 23.6. The lowest BCUT2D eigenvalue weighted by Gasteiger charge is -2.27. The Morgan fingerprint density at radius 1 is 1.00 bits per heavy atom. The molecule has 0 N–H and O–H groups in total. The number of thiophene rings is 1. The number of hydrogen-bond donors (Lipinski definition) is 0. The largest absolute Gasteiger partial charge is 0.332 e. The number of aryl methyl sites for hydroxylation is 1. The van der Waals surface area contributed by atoms with E-state index in [4.69, 9.17) is 0 Å². The molecule has 1 heterocycles. The minimum atomic E-state index is -3.79. The van der Waals surface area contributed by atoms with Crippen LogP contribution in [0.15, 0.2) is 71.6 Å². The number of carbonyl (C=O) groups is 1. The Labute approximate surface area is 198 Å². The van der Waals surface area contributed by atoms with Crippen LogP contribution in [0.25, 0.3) is 0 Å².